The van der Waals surface area contributed by atoms with Gasteiger partial charge in [0.15, 0.2) is 0 Å². The molecule has 0 bridgehead atoms. The van der Waals surface area contributed by atoms with E-state index in [9.17, 15) is 4.79 Å². The maximum Gasteiger partial charge on any atom is 0.251 e. The minimum atomic E-state index is -0.0381. The van der Waals surface area contributed by atoms with E-state index >= 15 is 0 Å². The summed E-state index contributed by atoms with van der Waals surface area (Å²) in [6, 6.07) is 7.08. The summed E-state index contributed by atoms with van der Waals surface area (Å²) in [5.74, 6) is 0.699. The first-order valence-corrected chi connectivity index (χ1v) is 5.99. The summed E-state index contributed by atoms with van der Waals surface area (Å²) < 4.78 is 5.33. The molecule has 4 nitrogen and oxygen atoms in total. The highest BCUT2D eigenvalue weighted by Gasteiger charge is 2.04. The van der Waals surface area contributed by atoms with Crippen molar-refractivity contribution in [1.29, 1.82) is 0 Å². The summed E-state index contributed by atoms with van der Waals surface area (Å²) in [6.45, 7) is 3.79. The fourth-order valence-electron chi connectivity index (χ4n) is 1.36. The van der Waals surface area contributed by atoms with Gasteiger partial charge in [0.25, 0.3) is 5.91 Å². The molecule has 0 spiro atoms. The van der Waals surface area contributed by atoms with Crippen LogP contribution in [0.15, 0.2) is 24.3 Å². The Hall–Kier alpha value is -1.55. The molecule has 0 aliphatic rings. The molecular formula is C13H20N2O2. The zero-order valence-electron chi connectivity index (χ0n) is 10.2. The Kier molecular flexibility index (Phi) is 6.10. The molecule has 0 heterocycles. The van der Waals surface area contributed by atoms with Gasteiger partial charge in [-0.05, 0) is 30.7 Å². The molecule has 0 aliphatic heterocycles. The van der Waals surface area contributed by atoms with Crippen LogP contribution in [0.1, 0.15) is 30.1 Å². The average Bonchev–Trinajstić information content (AvgIpc) is 2.37. The van der Waals surface area contributed by atoms with E-state index in [1.165, 1.54) is 0 Å². The first-order chi connectivity index (χ1) is 8.27. The highest BCUT2D eigenvalue weighted by Crippen LogP contribution is 2.11. The molecule has 1 aromatic carbocycles. The SMILES string of the molecule is CCCCNC(=O)c1ccc(OCCN)cc1. The molecule has 1 rings (SSSR count). The molecule has 0 fully saturated rings. The lowest BCUT2D eigenvalue weighted by atomic mass is 10.2. The van der Waals surface area contributed by atoms with Crippen molar-refractivity contribution in [1.82, 2.24) is 5.32 Å². The van der Waals surface area contributed by atoms with E-state index < -0.39 is 0 Å². The van der Waals surface area contributed by atoms with Crippen LogP contribution in [-0.2, 0) is 0 Å². The minimum absolute atomic E-state index is 0.0381. The Labute approximate surface area is 102 Å². The van der Waals surface area contributed by atoms with Gasteiger partial charge in [0, 0.05) is 18.7 Å². The third kappa shape index (κ3) is 4.87. The van der Waals surface area contributed by atoms with Gasteiger partial charge in [0.1, 0.15) is 12.4 Å². The summed E-state index contributed by atoms with van der Waals surface area (Å²) in [4.78, 5) is 11.7. The predicted octanol–water partition coefficient (Wildman–Crippen LogP) is 1.55. The van der Waals surface area contributed by atoms with Crippen LogP contribution in [0.5, 0.6) is 5.75 Å². The van der Waals surface area contributed by atoms with Crippen molar-refractivity contribution in [2.75, 3.05) is 19.7 Å². The highest BCUT2D eigenvalue weighted by atomic mass is 16.5. The van der Waals surface area contributed by atoms with Gasteiger partial charge in [-0.2, -0.15) is 0 Å². The van der Waals surface area contributed by atoms with Gasteiger partial charge in [-0.3, -0.25) is 4.79 Å². The van der Waals surface area contributed by atoms with Gasteiger partial charge in [-0.1, -0.05) is 13.3 Å². The summed E-state index contributed by atoms with van der Waals surface area (Å²) in [5.41, 5.74) is 5.99. The predicted molar refractivity (Wildman–Crippen MR) is 68.2 cm³/mol. The molecule has 0 saturated heterocycles. The van der Waals surface area contributed by atoms with Gasteiger partial charge >= 0.3 is 0 Å². The third-order valence-electron chi connectivity index (χ3n) is 2.32. The number of benzene rings is 1. The Morgan fingerprint density at radius 2 is 2.06 bits per heavy atom. The topological polar surface area (TPSA) is 64.3 Å². The minimum Gasteiger partial charge on any atom is -0.492 e. The second-order valence-electron chi connectivity index (χ2n) is 3.77. The lowest BCUT2D eigenvalue weighted by Crippen LogP contribution is -2.24. The lowest BCUT2D eigenvalue weighted by Gasteiger charge is -2.06. The maximum atomic E-state index is 11.7. The molecule has 3 N–H and O–H groups in total. The summed E-state index contributed by atoms with van der Waals surface area (Å²) in [6.07, 6.45) is 2.08. The van der Waals surface area contributed by atoms with Crippen molar-refractivity contribution in [3.05, 3.63) is 29.8 Å². The number of unbranched alkanes of at least 4 members (excludes halogenated alkanes) is 1. The molecule has 17 heavy (non-hydrogen) atoms. The molecule has 0 saturated carbocycles. The second kappa shape index (κ2) is 7.68. The van der Waals surface area contributed by atoms with E-state index in [0.29, 0.717) is 18.7 Å². The van der Waals surface area contributed by atoms with Gasteiger partial charge < -0.3 is 15.8 Å². The Balaban J connectivity index is 2.46. The van der Waals surface area contributed by atoms with Crippen LogP contribution in [-0.4, -0.2) is 25.6 Å². The summed E-state index contributed by atoms with van der Waals surface area (Å²) in [7, 11) is 0. The Bertz CT molecular complexity index is 336. The van der Waals surface area contributed by atoms with E-state index in [1.807, 2.05) is 0 Å². The van der Waals surface area contributed by atoms with Crippen LogP contribution in [0.25, 0.3) is 0 Å². The van der Waals surface area contributed by atoms with Crippen LogP contribution in [0, 0.1) is 0 Å². The zero-order chi connectivity index (χ0) is 12.5. The van der Waals surface area contributed by atoms with Crippen LogP contribution >= 0.6 is 0 Å². The number of hydrogen-bond acceptors (Lipinski definition) is 3. The van der Waals surface area contributed by atoms with Crippen LogP contribution < -0.4 is 15.8 Å². The quantitative estimate of drug-likeness (QED) is 0.706. The van der Waals surface area contributed by atoms with E-state index in [-0.39, 0.29) is 5.91 Å². The van der Waals surface area contributed by atoms with E-state index in [0.717, 1.165) is 25.1 Å². The number of amides is 1. The molecule has 4 heteroatoms. The van der Waals surface area contributed by atoms with Crippen LogP contribution in [0.3, 0.4) is 0 Å². The van der Waals surface area contributed by atoms with E-state index in [4.69, 9.17) is 10.5 Å². The molecular weight excluding hydrogens is 216 g/mol. The zero-order valence-corrected chi connectivity index (χ0v) is 10.2. The number of hydrogen-bond donors (Lipinski definition) is 2. The monoisotopic (exact) mass is 236 g/mol. The van der Waals surface area contributed by atoms with Crippen molar-refractivity contribution >= 4 is 5.91 Å². The van der Waals surface area contributed by atoms with Crippen LogP contribution in [0.4, 0.5) is 0 Å². The van der Waals surface area contributed by atoms with E-state index in [1.54, 1.807) is 24.3 Å². The molecule has 1 amide bonds. The molecule has 0 aliphatic carbocycles. The standard InChI is InChI=1S/C13H20N2O2/c1-2-3-9-15-13(16)11-4-6-12(7-5-11)17-10-8-14/h4-7H,2-3,8-10,14H2,1H3,(H,15,16). The second-order valence-corrected chi connectivity index (χ2v) is 3.77. The fourth-order valence-corrected chi connectivity index (χ4v) is 1.36. The largest absolute Gasteiger partial charge is 0.492 e. The van der Waals surface area contributed by atoms with Crippen molar-refractivity contribution in [2.45, 2.75) is 19.8 Å². The maximum absolute atomic E-state index is 11.7. The molecule has 0 aromatic heterocycles. The van der Waals surface area contributed by atoms with E-state index in [2.05, 4.69) is 12.2 Å². The van der Waals surface area contributed by atoms with Gasteiger partial charge in [-0.15, -0.1) is 0 Å². The number of rotatable bonds is 7. The molecule has 94 valence electrons. The molecule has 0 radical (unpaired) electrons. The molecule has 0 unspecified atom stereocenters. The average molecular weight is 236 g/mol. The van der Waals surface area contributed by atoms with Crippen molar-refractivity contribution in [3.8, 4) is 5.75 Å². The molecule has 1 aromatic rings. The smallest absolute Gasteiger partial charge is 0.251 e. The fraction of sp³-hybridized carbons (Fsp3) is 0.462. The van der Waals surface area contributed by atoms with Crippen molar-refractivity contribution < 1.29 is 9.53 Å². The first kappa shape index (κ1) is 13.5. The van der Waals surface area contributed by atoms with Gasteiger partial charge in [0.2, 0.25) is 0 Å². The van der Waals surface area contributed by atoms with Crippen LogP contribution in [0.2, 0.25) is 0 Å². The number of nitrogens with two attached hydrogens (primary N) is 1. The van der Waals surface area contributed by atoms with Crippen molar-refractivity contribution in [2.24, 2.45) is 5.73 Å². The van der Waals surface area contributed by atoms with Gasteiger partial charge in [-0.25, -0.2) is 0 Å². The highest BCUT2D eigenvalue weighted by molar-refractivity contribution is 5.94. The summed E-state index contributed by atoms with van der Waals surface area (Å²) >= 11 is 0. The van der Waals surface area contributed by atoms with Gasteiger partial charge in [0.05, 0.1) is 0 Å². The number of nitrogens with one attached hydrogen (secondary N) is 1. The Morgan fingerprint density at radius 3 is 2.65 bits per heavy atom. The summed E-state index contributed by atoms with van der Waals surface area (Å²) in [5, 5.41) is 2.86. The number of carbonyl (C=O) groups is 1. The lowest BCUT2D eigenvalue weighted by molar-refractivity contribution is 0.0953. The number of ether oxygens (including phenoxy) is 1. The first-order valence-electron chi connectivity index (χ1n) is 5.99. The third-order valence-corrected chi connectivity index (χ3v) is 2.32. The normalized spacial score (nSPS) is 10.0. The number of carbonyl (C=O) groups excluding carboxylic acids is 1. The Morgan fingerprint density at radius 1 is 1.35 bits per heavy atom. The van der Waals surface area contributed by atoms with Crippen molar-refractivity contribution in [3.63, 3.8) is 0 Å². The molecule has 0 atom stereocenters.